The first-order valence-electron chi connectivity index (χ1n) is 9.27. The van der Waals surface area contributed by atoms with Crippen LogP contribution in [-0.4, -0.2) is 30.6 Å². The number of esters is 2. The number of rotatable bonds is 6. The van der Waals surface area contributed by atoms with Crippen LogP contribution in [0.3, 0.4) is 0 Å². The van der Waals surface area contributed by atoms with Crippen LogP contribution in [0.5, 0.6) is 0 Å². The molecular formula is C20H23NO6S. The largest absolute Gasteiger partial charge is 0.462 e. The number of carbonyl (C=O) groups is 3. The molecule has 0 fully saturated rings. The Morgan fingerprint density at radius 1 is 1.36 bits per heavy atom. The number of carbonyl (C=O) groups excluding carboxylic acids is 3. The highest BCUT2D eigenvalue weighted by atomic mass is 32.1. The van der Waals surface area contributed by atoms with Crippen LogP contribution < -0.4 is 5.32 Å². The van der Waals surface area contributed by atoms with Crippen molar-refractivity contribution >= 4 is 34.2 Å². The lowest BCUT2D eigenvalue weighted by atomic mass is 9.88. The van der Waals surface area contributed by atoms with Gasteiger partial charge >= 0.3 is 11.9 Å². The summed E-state index contributed by atoms with van der Waals surface area (Å²) in [6, 6.07) is 3.02. The van der Waals surface area contributed by atoms with Crippen LogP contribution in [0.15, 0.2) is 22.8 Å². The maximum atomic E-state index is 12.6. The van der Waals surface area contributed by atoms with Crippen LogP contribution in [0.4, 0.5) is 5.00 Å². The second-order valence-electron chi connectivity index (χ2n) is 6.79. The number of thiophene rings is 1. The fraction of sp³-hybridized carbons (Fsp3) is 0.450. The molecule has 0 aromatic carbocycles. The third-order valence-electron chi connectivity index (χ3n) is 4.60. The minimum absolute atomic E-state index is 0.0208. The average Bonchev–Trinajstić information content (AvgIpc) is 3.29. The standard InChI is InChI=1S/C20H23NO6S/c1-4-25-20(24)16-13-8-7-11(2)10-15(13)28-18(16)21-17(22)12(3)27-19(23)14-6-5-9-26-14/h5-6,9,11-12H,4,7-8,10H2,1-3H3,(H,21,22)/t11-,12-/m1/s1. The molecule has 0 spiro atoms. The van der Waals surface area contributed by atoms with Gasteiger partial charge < -0.3 is 19.2 Å². The summed E-state index contributed by atoms with van der Waals surface area (Å²) in [7, 11) is 0. The number of anilines is 1. The molecule has 1 amide bonds. The summed E-state index contributed by atoms with van der Waals surface area (Å²) in [6.07, 6.45) is 2.93. The molecule has 1 N–H and O–H groups in total. The summed E-state index contributed by atoms with van der Waals surface area (Å²) in [4.78, 5) is 38.1. The van der Waals surface area contributed by atoms with E-state index < -0.39 is 23.9 Å². The Hall–Kier alpha value is -2.61. The molecule has 0 bridgehead atoms. The van der Waals surface area contributed by atoms with Crippen LogP contribution in [0.1, 0.15) is 58.5 Å². The number of ether oxygens (including phenoxy) is 2. The minimum atomic E-state index is -1.05. The highest BCUT2D eigenvalue weighted by molar-refractivity contribution is 7.17. The first kappa shape index (κ1) is 20.1. The van der Waals surface area contributed by atoms with E-state index in [1.165, 1.54) is 30.6 Å². The molecule has 3 rings (SSSR count). The van der Waals surface area contributed by atoms with Crippen LogP contribution in [0.2, 0.25) is 0 Å². The zero-order valence-corrected chi connectivity index (χ0v) is 16.9. The molecule has 0 saturated carbocycles. The lowest BCUT2D eigenvalue weighted by molar-refractivity contribution is -0.123. The Labute approximate surface area is 167 Å². The second kappa shape index (κ2) is 8.60. The summed E-state index contributed by atoms with van der Waals surface area (Å²) in [5, 5.41) is 3.19. The maximum absolute atomic E-state index is 12.6. The average molecular weight is 405 g/mol. The van der Waals surface area contributed by atoms with Gasteiger partial charge in [0.2, 0.25) is 5.76 Å². The van der Waals surface area contributed by atoms with Gasteiger partial charge in [0.05, 0.1) is 18.4 Å². The van der Waals surface area contributed by atoms with Crippen molar-refractivity contribution in [2.45, 2.75) is 46.1 Å². The van der Waals surface area contributed by atoms with Gasteiger partial charge in [0.25, 0.3) is 5.91 Å². The lowest BCUT2D eigenvalue weighted by Crippen LogP contribution is -2.30. The van der Waals surface area contributed by atoms with Gasteiger partial charge in [-0.15, -0.1) is 11.3 Å². The molecule has 1 aliphatic rings. The van der Waals surface area contributed by atoms with Crippen molar-refractivity contribution < 1.29 is 28.3 Å². The molecule has 0 aliphatic heterocycles. The summed E-state index contributed by atoms with van der Waals surface area (Å²) >= 11 is 1.39. The summed E-state index contributed by atoms with van der Waals surface area (Å²) in [5.74, 6) is -1.13. The molecule has 2 aromatic rings. The van der Waals surface area contributed by atoms with Crippen LogP contribution >= 0.6 is 11.3 Å². The van der Waals surface area contributed by atoms with Gasteiger partial charge in [-0.25, -0.2) is 9.59 Å². The fourth-order valence-electron chi connectivity index (χ4n) is 3.14. The highest BCUT2D eigenvalue weighted by Crippen LogP contribution is 2.40. The first-order valence-corrected chi connectivity index (χ1v) is 10.1. The Morgan fingerprint density at radius 3 is 2.82 bits per heavy atom. The Kier molecular flexibility index (Phi) is 6.18. The van der Waals surface area contributed by atoms with Gasteiger partial charge in [-0.1, -0.05) is 6.92 Å². The molecule has 2 atom stereocenters. The number of furan rings is 1. The molecule has 7 nitrogen and oxygen atoms in total. The quantitative estimate of drug-likeness (QED) is 0.734. The van der Waals surface area contributed by atoms with E-state index in [9.17, 15) is 14.4 Å². The zero-order valence-electron chi connectivity index (χ0n) is 16.1. The Bertz CT molecular complexity index is 870. The molecule has 0 unspecified atom stereocenters. The topological polar surface area (TPSA) is 94.8 Å². The fourth-order valence-corrected chi connectivity index (χ4v) is 4.54. The maximum Gasteiger partial charge on any atom is 0.374 e. The van der Waals surface area contributed by atoms with E-state index in [4.69, 9.17) is 13.9 Å². The third-order valence-corrected chi connectivity index (χ3v) is 5.77. The summed E-state index contributed by atoms with van der Waals surface area (Å²) < 4.78 is 15.3. The normalized spacial score (nSPS) is 16.8. The number of hydrogen-bond acceptors (Lipinski definition) is 7. The van der Waals surface area contributed by atoms with Gasteiger partial charge in [0, 0.05) is 4.88 Å². The van der Waals surface area contributed by atoms with Crippen molar-refractivity contribution in [3.8, 4) is 0 Å². The summed E-state index contributed by atoms with van der Waals surface area (Å²) in [5.41, 5.74) is 1.38. The van der Waals surface area contributed by atoms with Gasteiger partial charge in [0.1, 0.15) is 5.00 Å². The predicted molar refractivity (Wildman–Crippen MR) is 104 cm³/mol. The van der Waals surface area contributed by atoms with Crippen molar-refractivity contribution in [2.75, 3.05) is 11.9 Å². The number of nitrogens with one attached hydrogen (secondary N) is 1. The van der Waals surface area contributed by atoms with Crippen LogP contribution in [0.25, 0.3) is 0 Å². The van der Waals surface area contributed by atoms with E-state index in [0.29, 0.717) is 16.5 Å². The molecule has 0 radical (unpaired) electrons. The van der Waals surface area contributed by atoms with E-state index >= 15 is 0 Å². The van der Waals surface area contributed by atoms with Gasteiger partial charge in [-0.05, 0) is 56.7 Å². The predicted octanol–water partition coefficient (Wildman–Crippen LogP) is 3.83. The van der Waals surface area contributed by atoms with Crippen molar-refractivity contribution in [3.63, 3.8) is 0 Å². The molecule has 8 heteroatoms. The summed E-state index contributed by atoms with van der Waals surface area (Å²) in [6.45, 7) is 5.63. The van der Waals surface area contributed by atoms with Crippen molar-refractivity contribution in [2.24, 2.45) is 5.92 Å². The van der Waals surface area contributed by atoms with E-state index in [-0.39, 0.29) is 12.4 Å². The van der Waals surface area contributed by atoms with Gasteiger partial charge in [-0.3, -0.25) is 4.79 Å². The van der Waals surface area contributed by atoms with Crippen molar-refractivity contribution in [3.05, 3.63) is 40.2 Å². The zero-order chi connectivity index (χ0) is 20.3. The Balaban J connectivity index is 1.77. The molecule has 0 saturated heterocycles. The molecule has 28 heavy (non-hydrogen) atoms. The monoisotopic (exact) mass is 405 g/mol. The van der Waals surface area contributed by atoms with E-state index in [2.05, 4.69) is 12.2 Å². The lowest BCUT2D eigenvalue weighted by Gasteiger charge is -2.18. The SMILES string of the molecule is CCOC(=O)c1c(NC(=O)[C@@H](C)OC(=O)c2ccco2)sc2c1CC[C@@H](C)C2. The molecule has 1 aliphatic carbocycles. The minimum Gasteiger partial charge on any atom is -0.462 e. The number of fused-ring (bicyclic) bond motifs is 1. The van der Waals surface area contributed by atoms with Crippen LogP contribution in [0, 0.1) is 5.92 Å². The molecule has 2 heterocycles. The molecule has 150 valence electrons. The molecule has 2 aromatic heterocycles. The van der Waals surface area contributed by atoms with Gasteiger partial charge in [-0.2, -0.15) is 0 Å². The second-order valence-corrected chi connectivity index (χ2v) is 7.90. The van der Waals surface area contributed by atoms with Gasteiger partial charge in [0.15, 0.2) is 6.10 Å². The number of amides is 1. The highest BCUT2D eigenvalue weighted by Gasteiger charge is 2.30. The van der Waals surface area contributed by atoms with Crippen LogP contribution in [-0.2, 0) is 27.1 Å². The van der Waals surface area contributed by atoms with E-state index in [1.807, 2.05) is 0 Å². The van der Waals surface area contributed by atoms with E-state index in [1.54, 1.807) is 13.0 Å². The Morgan fingerprint density at radius 2 is 2.14 bits per heavy atom. The van der Waals surface area contributed by atoms with Crippen molar-refractivity contribution in [1.82, 2.24) is 0 Å². The van der Waals surface area contributed by atoms with Crippen molar-refractivity contribution in [1.29, 1.82) is 0 Å². The smallest absolute Gasteiger partial charge is 0.374 e. The van der Waals surface area contributed by atoms with E-state index in [0.717, 1.165) is 29.7 Å². The number of hydrogen-bond donors (Lipinski definition) is 1. The first-order chi connectivity index (χ1) is 13.4. The molecular weight excluding hydrogens is 382 g/mol. The third kappa shape index (κ3) is 4.27.